The van der Waals surface area contributed by atoms with Gasteiger partial charge in [-0.3, -0.25) is 0 Å². The van der Waals surface area contributed by atoms with E-state index in [-0.39, 0.29) is 0 Å². The fraction of sp³-hybridized carbons (Fsp3) is 0.0833. The van der Waals surface area contributed by atoms with E-state index >= 15 is 0 Å². The first kappa shape index (κ1) is 10.6. The summed E-state index contributed by atoms with van der Waals surface area (Å²) >= 11 is 7.70. The van der Waals surface area contributed by atoms with Crippen LogP contribution in [0.25, 0.3) is 22.4 Å². The van der Waals surface area contributed by atoms with Gasteiger partial charge >= 0.3 is 0 Å². The number of imidazole rings is 1. The summed E-state index contributed by atoms with van der Waals surface area (Å²) in [5.74, 6) is 0.854. The molecular weight excluding hydrogens is 254 g/mol. The molecule has 17 heavy (non-hydrogen) atoms. The summed E-state index contributed by atoms with van der Waals surface area (Å²) in [6.45, 7) is 0. The van der Waals surface area contributed by atoms with E-state index in [0.29, 0.717) is 5.02 Å². The van der Waals surface area contributed by atoms with Crippen LogP contribution in [0.5, 0.6) is 0 Å². The van der Waals surface area contributed by atoms with Crippen LogP contribution in [0.3, 0.4) is 0 Å². The molecule has 0 bridgehead atoms. The fourth-order valence-corrected chi connectivity index (χ4v) is 2.90. The maximum absolute atomic E-state index is 6.19. The lowest BCUT2D eigenvalue weighted by Crippen LogP contribution is -1.94. The van der Waals surface area contributed by atoms with E-state index in [2.05, 4.69) is 4.98 Å². The molecule has 0 aliphatic carbocycles. The smallest absolute Gasteiger partial charge is 0.143 e. The molecule has 2 N–H and O–H groups in total. The normalized spacial score (nSPS) is 11.2. The van der Waals surface area contributed by atoms with Crippen molar-refractivity contribution in [1.82, 2.24) is 9.55 Å². The summed E-state index contributed by atoms with van der Waals surface area (Å²) in [6.07, 6.45) is 0. The number of hydrogen-bond acceptors (Lipinski definition) is 3. The average Bonchev–Trinajstić information content (AvgIpc) is 2.84. The zero-order chi connectivity index (χ0) is 12.0. The van der Waals surface area contributed by atoms with E-state index in [1.165, 1.54) is 11.3 Å². The summed E-state index contributed by atoms with van der Waals surface area (Å²) in [4.78, 5) is 4.58. The van der Waals surface area contributed by atoms with Gasteiger partial charge in [-0.1, -0.05) is 17.7 Å². The van der Waals surface area contributed by atoms with Gasteiger partial charge in [0.1, 0.15) is 5.82 Å². The molecule has 0 radical (unpaired) electrons. The quantitative estimate of drug-likeness (QED) is 0.730. The summed E-state index contributed by atoms with van der Waals surface area (Å²) < 4.78 is 1.98. The molecule has 0 saturated carbocycles. The van der Waals surface area contributed by atoms with Gasteiger partial charge in [0.2, 0.25) is 0 Å². The molecule has 0 unspecified atom stereocenters. The molecule has 1 aromatic carbocycles. The number of nitrogens with two attached hydrogens (primary N) is 1. The van der Waals surface area contributed by atoms with E-state index in [0.717, 1.165) is 27.4 Å². The number of para-hydroxylation sites is 1. The Morgan fingerprint density at radius 2 is 2.18 bits per heavy atom. The maximum atomic E-state index is 6.19. The van der Waals surface area contributed by atoms with E-state index in [4.69, 9.17) is 17.3 Å². The topological polar surface area (TPSA) is 43.8 Å². The number of nitrogen functional groups attached to an aromatic ring is 1. The van der Waals surface area contributed by atoms with Crippen LogP contribution in [0.2, 0.25) is 5.02 Å². The summed E-state index contributed by atoms with van der Waals surface area (Å²) in [5.41, 5.74) is 8.73. The van der Waals surface area contributed by atoms with Crippen molar-refractivity contribution in [1.29, 1.82) is 0 Å². The third-order valence-corrected chi connectivity index (χ3v) is 3.83. The fourth-order valence-electron chi connectivity index (χ4n) is 1.97. The number of thiophene rings is 1. The molecule has 0 amide bonds. The van der Waals surface area contributed by atoms with Crippen molar-refractivity contribution in [2.24, 2.45) is 7.05 Å². The Labute approximate surface area is 107 Å². The summed E-state index contributed by atoms with van der Waals surface area (Å²) in [6, 6.07) is 7.70. The van der Waals surface area contributed by atoms with Gasteiger partial charge < -0.3 is 10.3 Å². The van der Waals surface area contributed by atoms with Crippen molar-refractivity contribution in [3.05, 3.63) is 34.7 Å². The van der Waals surface area contributed by atoms with Gasteiger partial charge in [0.15, 0.2) is 0 Å². The van der Waals surface area contributed by atoms with Crippen molar-refractivity contribution >= 4 is 39.0 Å². The summed E-state index contributed by atoms with van der Waals surface area (Å²) in [5, 5.41) is 3.45. The number of rotatable bonds is 1. The van der Waals surface area contributed by atoms with Crippen LogP contribution in [0.15, 0.2) is 29.6 Å². The van der Waals surface area contributed by atoms with E-state index in [1.54, 1.807) is 0 Å². The molecule has 0 aliphatic heterocycles. The predicted octanol–water partition coefficient (Wildman–Crippen LogP) is 3.54. The second-order valence-electron chi connectivity index (χ2n) is 3.80. The van der Waals surface area contributed by atoms with E-state index in [9.17, 15) is 0 Å². The van der Waals surface area contributed by atoms with Crippen LogP contribution in [0, 0.1) is 0 Å². The largest absolute Gasteiger partial charge is 0.390 e. The van der Waals surface area contributed by atoms with Crippen molar-refractivity contribution in [2.45, 2.75) is 0 Å². The highest BCUT2D eigenvalue weighted by Gasteiger charge is 2.14. The van der Waals surface area contributed by atoms with Crippen molar-refractivity contribution in [3.63, 3.8) is 0 Å². The number of hydrogen-bond donors (Lipinski definition) is 1. The maximum Gasteiger partial charge on any atom is 0.143 e. The molecule has 5 heteroatoms. The lowest BCUT2D eigenvalue weighted by atomic mass is 10.3. The number of fused-ring (bicyclic) bond motifs is 1. The minimum atomic E-state index is 0.706. The van der Waals surface area contributed by atoms with Crippen molar-refractivity contribution < 1.29 is 0 Å². The van der Waals surface area contributed by atoms with Gasteiger partial charge in [-0.25, -0.2) is 4.98 Å². The number of anilines is 1. The number of benzene rings is 1. The first-order valence-electron chi connectivity index (χ1n) is 5.13. The SMILES string of the molecule is Cn1c(-c2ccsc2N)nc2cccc(Cl)c21. The molecule has 0 aliphatic rings. The second-order valence-corrected chi connectivity index (χ2v) is 5.16. The Morgan fingerprint density at radius 1 is 1.35 bits per heavy atom. The zero-order valence-electron chi connectivity index (χ0n) is 9.14. The van der Waals surface area contributed by atoms with Crippen LogP contribution in [0.4, 0.5) is 5.00 Å². The molecular formula is C12H10ClN3S. The highest BCUT2D eigenvalue weighted by Crippen LogP contribution is 2.33. The van der Waals surface area contributed by atoms with E-state index < -0.39 is 0 Å². The van der Waals surface area contributed by atoms with Gasteiger partial charge in [0.25, 0.3) is 0 Å². The Hall–Kier alpha value is -1.52. The Balaban J connectivity index is 2.36. The Bertz CT molecular complexity index is 699. The number of aryl methyl sites for hydroxylation is 1. The van der Waals surface area contributed by atoms with Crippen LogP contribution < -0.4 is 5.73 Å². The van der Waals surface area contributed by atoms with Crippen molar-refractivity contribution in [2.75, 3.05) is 5.73 Å². The highest BCUT2D eigenvalue weighted by molar-refractivity contribution is 7.14. The predicted molar refractivity (Wildman–Crippen MR) is 73.4 cm³/mol. The highest BCUT2D eigenvalue weighted by atomic mass is 35.5. The minimum Gasteiger partial charge on any atom is -0.390 e. The Morgan fingerprint density at radius 3 is 2.82 bits per heavy atom. The first-order chi connectivity index (χ1) is 8.18. The van der Waals surface area contributed by atoms with Gasteiger partial charge in [-0.2, -0.15) is 0 Å². The van der Waals surface area contributed by atoms with Gasteiger partial charge in [-0.05, 0) is 23.6 Å². The van der Waals surface area contributed by atoms with E-state index in [1.807, 2.05) is 41.3 Å². The van der Waals surface area contributed by atoms with Crippen LogP contribution >= 0.6 is 22.9 Å². The molecule has 0 spiro atoms. The number of nitrogens with zero attached hydrogens (tertiary/aromatic N) is 2. The lowest BCUT2D eigenvalue weighted by molar-refractivity contribution is 0.961. The van der Waals surface area contributed by atoms with Gasteiger partial charge in [-0.15, -0.1) is 11.3 Å². The Kier molecular flexibility index (Phi) is 2.34. The average molecular weight is 264 g/mol. The van der Waals surface area contributed by atoms with Gasteiger partial charge in [0.05, 0.1) is 26.6 Å². The zero-order valence-corrected chi connectivity index (χ0v) is 10.7. The monoisotopic (exact) mass is 263 g/mol. The molecule has 3 rings (SSSR count). The minimum absolute atomic E-state index is 0.706. The third kappa shape index (κ3) is 1.52. The second kappa shape index (κ2) is 3.75. The number of halogens is 1. The molecule has 0 atom stereocenters. The molecule has 3 aromatic rings. The van der Waals surface area contributed by atoms with Crippen molar-refractivity contribution in [3.8, 4) is 11.4 Å². The van der Waals surface area contributed by atoms with Crippen LogP contribution in [0.1, 0.15) is 0 Å². The molecule has 2 heterocycles. The van der Waals surface area contributed by atoms with Crippen LogP contribution in [-0.2, 0) is 7.05 Å². The van der Waals surface area contributed by atoms with Gasteiger partial charge in [0, 0.05) is 7.05 Å². The lowest BCUT2D eigenvalue weighted by Gasteiger charge is -2.02. The molecule has 0 saturated heterocycles. The standard InChI is InChI=1S/C12H10ClN3S/c1-16-10-8(13)3-2-4-9(10)15-12(16)7-5-6-17-11(7)14/h2-6H,14H2,1H3. The molecule has 3 nitrogen and oxygen atoms in total. The third-order valence-electron chi connectivity index (χ3n) is 2.78. The number of aromatic nitrogens is 2. The molecule has 2 aromatic heterocycles. The molecule has 0 fully saturated rings. The summed E-state index contributed by atoms with van der Waals surface area (Å²) in [7, 11) is 1.95. The first-order valence-corrected chi connectivity index (χ1v) is 6.38. The van der Waals surface area contributed by atoms with Crippen LogP contribution in [-0.4, -0.2) is 9.55 Å². The molecule has 86 valence electrons.